The van der Waals surface area contributed by atoms with Gasteiger partial charge < -0.3 is 24.4 Å². The number of alkyl halides is 3. The fourth-order valence-corrected chi connectivity index (χ4v) is 10.7. The van der Waals surface area contributed by atoms with E-state index in [2.05, 4.69) is 34.5 Å². The number of hydrogen-bond acceptors (Lipinski definition) is 10. The Morgan fingerprint density at radius 2 is 1.49 bits per heavy atom. The smallest absolute Gasteiger partial charge is 0.396 e. The first-order valence-electron chi connectivity index (χ1n) is 21.6. The van der Waals surface area contributed by atoms with Gasteiger partial charge in [0.2, 0.25) is 7.12 Å². The zero-order valence-electron chi connectivity index (χ0n) is 37.4. The average Bonchev–Trinajstić information content (AvgIpc) is 3.55. The number of carbonyl (C=O) groups is 1. The first-order chi connectivity index (χ1) is 29.9. The topological polar surface area (TPSA) is 200 Å². The number of allylic oxidation sites excluding steroid dienone is 4. The molecule has 0 fully saturated rings. The van der Waals surface area contributed by atoms with Crippen LogP contribution in [0.1, 0.15) is 103 Å². The molecule has 20 heteroatoms. The molecule has 14 nitrogen and oxygen atoms in total. The molecule has 0 saturated heterocycles. The van der Waals surface area contributed by atoms with E-state index >= 15 is 0 Å². The number of nitrogens with one attached hydrogen (secondary N) is 1. The van der Waals surface area contributed by atoms with Crippen LogP contribution >= 0.6 is 7.60 Å². The third-order valence-electron chi connectivity index (χ3n) is 11.2. The lowest BCUT2D eigenvalue weighted by atomic mass is 9.81. The van der Waals surface area contributed by atoms with Crippen molar-refractivity contribution in [3.8, 4) is 0 Å². The molecule has 4 rings (SSSR count). The minimum atomic E-state index is -5.01. The summed E-state index contributed by atoms with van der Waals surface area (Å²) in [5.74, 6) is -2.80. The summed E-state index contributed by atoms with van der Waals surface area (Å²) in [5, 5.41) is 6.45. The van der Waals surface area contributed by atoms with E-state index < -0.39 is 56.5 Å². The molecule has 0 radical (unpaired) electrons. The van der Waals surface area contributed by atoms with Gasteiger partial charge in [-0.3, -0.25) is 18.5 Å². The minimum Gasteiger partial charge on any atom is -0.396 e. The zero-order valence-corrected chi connectivity index (χ0v) is 38.9. The van der Waals surface area contributed by atoms with Gasteiger partial charge in [-0.05, 0) is 88.6 Å². The average molecular weight is 950 g/mol. The number of carbonyl (C=O) groups excluding carboxylic acids is 1. The van der Waals surface area contributed by atoms with Crippen molar-refractivity contribution in [2.24, 2.45) is 0 Å². The van der Waals surface area contributed by atoms with Crippen LogP contribution in [0.25, 0.3) is 0 Å². The summed E-state index contributed by atoms with van der Waals surface area (Å²) in [6.07, 6.45) is 5.26. The molecule has 1 atom stereocenters. The second-order valence-corrected chi connectivity index (χ2v) is 22.0. The number of hydrogen-bond donors (Lipinski definition) is 4. The summed E-state index contributed by atoms with van der Waals surface area (Å²) in [5.41, 5.74) is 4.29. The van der Waals surface area contributed by atoms with Crippen LogP contribution in [-0.4, -0.2) is 106 Å². The predicted octanol–water partition coefficient (Wildman–Crippen LogP) is 7.50. The number of amides is 1. The van der Waals surface area contributed by atoms with E-state index in [-0.39, 0.29) is 63.1 Å². The highest BCUT2D eigenvalue weighted by atomic mass is 32.2. The van der Waals surface area contributed by atoms with Gasteiger partial charge in [-0.2, -0.15) is 34.6 Å². The molecule has 2 heterocycles. The number of halogens is 3. The lowest BCUT2D eigenvalue weighted by Gasteiger charge is -2.27. The van der Waals surface area contributed by atoms with Crippen molar-refractivity contribution in [2.45, 2.75) is 109 Å². The van der Waals surface area contributed by atoms with Gasteiger partial charge in [-0.15, -0.1) is 0 Å². The molecule has 63 heavy (non-hydrogen) atoms. The fourth-order valence-electron chi connectivity index (χ4n) is 7.94. The van der Waals surface area contributed by atoms with Gasteiger partial charge in [0.05, 0.1) is 35.4 Å². The second kappa shape index (κ2) is 22.2. The Hall–Kier alpha value is -3.42. The van der Waals surface area contributed by atoms with E-state index in [1.54, 1.807) is 18.2 Å². The molecule has 2 aromatic carbocycles. The molecule has 0 aliphatic carbocycles. The molecule has 0 spiro atoms. The number of para-hydroxylation sites is 1. The maximum Gasteiger partial charge on any atom is 0.471 e. The maximum absolute atomic E-state index is 14.7. The standard InChI is InChI=1S/C43H61F3N3O11PS2/c1-41(2)34-18-7-8-19-36(34)48(25-10-15-30-62(53,54)55)38(41)20-17-21-39-42(3,4)35-32-33(22-23-37(35)49(39)26-11-16-31-63(56,57)58)61(52,59-28-13-6-5-12-27-50)60-29-14-9-24-47-40(51)43(44,45)46/h7-8,17-23,32,50H,5-6,9-16,24-31H2,1-4H3,(H2-,47,51,53,54,55,56,57,58)/p+1/i50D. The number of fused-ring (bicyclic) bond motifs is 2. The van der Waals surface area contributed by atoms with Gasteiger partial charge in [0, 0.05) is 60.6 Å². The number of nitrogens with zero attached hydrogens (tertiary/aromatic N) is 2. The van der Waals surface area contributed by atoms with Crippen LogP contribution in [0.2, 0.25) is 0 Å². The van der Waals surface area contributed by atoms with Crippen LogP contribution in [0.4, 0.5) is 24.5 Å². The van der Waals surface area contributed by atoms with Crippen molar-refractivity contribution in [3.05, 3.63) is 77.5 Å². The molecule has 4 N–H and O–H groups in total. The Kier molecular flexibility index (Phi) is 17.8. The van der Waals surface area contributed by atoms with Crippen molar-refractivity contribution < 1.29 is 67.2 Å². The molecule has 2 aliphatic heterocycles. The molecular formula is C43H62F3N3O11PS2+. The summed E-state index contributed by atoms with van der Waals surface area (Å²) >= 11 is 0. The third kappa shape index (κ3) is 14.5. The largest absolute Gasteiger partial charge is 0.471 e. The highest BCUT2D eigenvalue weighted by molar-refractivity contribution is 7.86. The van der Waals surface area contributed by atoms with E-state index in [0.717, 1.165) is 40.3 Å². The fraction of sp³-hybridized carbons (Fsp3) is 0.581. The molecule has 0 aromatic heterocycles. The van der Waals surface area contributed by atoms with E-state index in [9.17, 15) is 48.5 Å². The van der Waals surface area contributed by atoms with Gasteiger partial charge in [0.15, 0.2) is 5.71 Å². The van der Waals surface area contributed by atoms with E-state index in [1.165, 1.54) is 0 Å². The Bertz CT molecular complexity index is 2300. The number of anilines is 1. The summed E-state index contributed by atoms with van der Waals surface area (Å²) < 4.78 is 138. The molecule has 2 aromatic rings. The second-order valence-electron chi connectivity index (χ2n) is 16.8. The molecule has 352 valence electrons. The van der Waals surface area contributed by atoms with Gasteiger partial charge in [0.25, 0.3) is 20.2 Å². The number of rotatable bonds is 27. The Morgan fingerprint density at radius 3 is 2.14 bits per heavy atom. The van der Waals surface area contributed by atoms with Crippen molar-refractivity contribution in [1.29, 1.82) is 1.43 Å². The van der Waals surface area contributed by atoms with Crippen molar-refractivity contribution in [3.63, 3.8) is 0 Å². The number of benzene rings is 2. The van der Waals surface area contributed by atoms with E-state index in [4.69, 9.17) is 10.5 Å². The van der Waals surface area contributed by atoms with Gasteiger partial charge >= 0.3 is 19.7 Å². The summed E-state index contributed by atoms with van der Waals surface area (Å²) in [6.45, 7) is 9.07. The maximum atomic E-state index is 14.7. The highest BCUT2D eigenvalue weighted by Gasteiger charge is 2.45. The van der Waals surface area contributed by atoms with Crippen LogP contribution in [0.15, 0.2) is 66.4 Å². The highest BCUT2D eigenvalue weighted by Crippen LogP contribution is 2.52. The van der Waals surface area contributed by atoms with Crippen LogP contribution in [-0.2, 0) is 49.5 Å². The van der Waals surface area contributed by atoms with Crippen LogP contribution in [0.3, 0.4) is 0 Å². The Labute approximate surface area is 371 Å². The first-order valence-corrected chi connectivity index (χ1v) is 26.0. The van der Waals surface area contributed by atoms with Crippen molar-refractivity contribution >= 4 is 56.1 Å². The summed E-state index contributed by atoms with van der Waals surface area (Å²) in [7, 11) is -12.3. The predicted molar refractivity (Wildman–Crippen MR) is 238 cm³/mol. The van der Waals surface area contributed by atoms with Crippen molar-refractivity contribution in [2.75, 3.05) is 55.9 Å². The lowest BCUT2D eigenvalue weighted by molar-refractivity contribution is -0.438. The van der Waals surface area contributed by atoms with Crippen LogP contribution in [0.5, 0.6) is 0 Å². The quantitative estimate of drug-likeness (QED) is 0.0298. The van der Waals surface area contributed by atoms with Crippen LogP contribution < -0.4 is 15.5 Å². The third-order valence-corrected chi connectivity index (χ3v) is 14.8. The zero-order chi connectivity index (χ0) is 47.4. The molecular weight excluding hydrogens is 887 g/mol. The monoisotopic (exact) mass is 949 g/mol. The summed E-state index contributed by atoms with van der Waals surface area (Å²) in [4.78, 5) is 13.3. The molecule has 1 unspecified atom stereocenters. The Morgan fingerprint density at radius 1 is 0.857 bits per heavy atom. The van der Waals surface area contributed by atoms with E-state index in [0.29, 0.717) is 45.2 Å². The van der Waals surface area contributed by atoms with Gasteiger partial charge in [-0.1, -0.05) is 51.0 Å². The summed E-state index contributed by atoms with van der Waals surface area (Å²) in [6, 6.07) is 13.2. The lowest BCUT2D eigenvalue weighted by Crippen LogP contribution is -2.37. The van der Waals surface area contributed by atoms with Gasteiger partial charge in [-0.25, -0.2) is 0 Å². The normalized spacial score (nSPS) is 17.9. The number of aliphatic hydroxyl groups is 1. The number of unbranched alkanes of at least 4 members (excludes halogenated alkanes) is 6. The SMILES string of the molecule is [2H]OCCCCCCOP(=O)(OCCCCNC(=O)C(F)(F)F)c1ccc2c(c1)C(C)(C)C(=CC=CC1=[N+](CCCCS(=O)(=O)O)c3ccccc3C1(C)C)N2CCCCS(=O)(=O)O. The van der Waals surface area contributed by atoms with Gasteiger partial charge in [0.1, 0.15) is 6.54 Å². The molecule has 1 amide bonds. The Balaban J connectivity index is 1.68. The first kappa shape index (κ1) is 50.6. The molecule has 2 aliphatic rings. The van der Waals surface area contributed by atoms with E-state index in [1.807, 2.05) is 55.6 Å². The van der Waals surface area contributed by atoms with Crippen molar-refractivity contribution in [1.82, 2.24) is 5.32 Å². The minimum absolute atomic E-state index is 0.0770. The van der Waals surface area contributed by atoms with Crippen LogP contribution in [0, 0.1) is 0 Å². The molecule has 0 saturated carbocycles. The number of aliphatic hydroxyl groups excluding tert-OH is 1. The molecule has 0 bridgehead atoms.